The van der Waals surface area contributed by atoms with Crippen molar-refractivity contribution in [3.8, 4) is 5.75 Å². The first kappa shape index (κ1) is 12.9. The highest BCUT2D eigenvalue weighted by Crippen LogP contribution is 2.29. The van der Waals surface area contributed by atoms with Crippen LogP contribution in [0.3, 0.4) is 0 Å². The molecule has 1 aromatic carbocycles. The number of carbonyl (C=O) groups excluding carboxylic acids is 1. The molecule has 0 saturated carbocycles. The van der Waals surface area contributed by atoms with Gasteiger partial charge in [0, 0.05) is 13.1 Å². The summed E-state index contributed by atoms with van der Waals surface area (Å²) in [6, 6.07) is 5.70. The largest absolute Gasteiger partial charge is 0.496 e. The van der Waals surface area contributed by atoms with Gasteiger partial charge in [-0.15, -0.1) is 0 Å². The number of nitrogens with one attached hydrogen (secondary N) is 2. The van der Waals surface area contributed by atoms with E-state index in [4.69, 9.17) is 4.74 Å². The monoisotopic (exact) mass is 248 g/mol. The third kappa shape index (κ3) is 2.48. The number of amides is 1. The molecule has 1 fully saturated rings. The summed E-state index contributed by atoms with van der Waals surface area (Å²) in [5.74, 6) is 1.29. The van der Waals surface area contributed by atoms with Crippen LogP contribution in [0.2, 0.25) is 0 Å². The average Bonchev–Trinajstić information content (AvgIpc) is 2.38. The number of ether oxygens (including phenoxy) is 1. The molecule has 1 saturated heterocycles. The molecule has 1 atom stereocenters. The zero-order chi connectivity index (χ0) is 13.1. The van der Waals surface area contributed by atoms with Gasteiger partial charge in [-0.2, -0.15) is 0 Å². The summed E-state index contributed by atoms with van der Waals surface area (Å²) in [4.78, 5) is 11.8. The molecule has 1 amide bonds. The van der Waals surface area contributed by atoms with Crippen LogP contribution in [0.1, 0.15) is 36.9 Å². The van der Waals surface area contributed by atoms with Gasteiger partial charge in [0.25, 0.3) is 0 Å². The Morgan fingerprint density at radius 1 is 1.33 bits per heavy atom. The Morgan fingerprint density at radius 2 is 2.11 bits per heavy atom. The topological polar surface area (TPSA) is 50.4 Å². The van der Waals surface area contributed by atoms with Crippen molar-refractivity contribution in [1.29, 1.82) is 0 Å². The van der Waals surface area contributed by atoms with Crippen LogP contribution in [-0.4, -0.2) is 26.1 Å². The van der Waals surface area contributed by atoms with Crippen LogP contribution in [0.4, 0.5) is 0 Å². The Morgan fingerprint density at radius 3 is 2.72 bits per heavy atom. The summed E-state index contributed by atoms with van der Waals surface area (Å²) in [5.41, 5.74) is 2.13. The number of carbonyl (C=O) groups is 1. The van der Waals surface area contributed by atoms with E-state index >= 15 is 0 Å². The molecule has 0 aliphatic carbocycles. The molecule has 2 N–H and O–H groups in total. The minimum absolute atomic E-state index is 0.0427. The maximum Gasteiger partial charge on any atom is 0.241 e. The van der Waals surface area contributed by atoms with Crippen LogP contribution in [0.5, 0.6) is 5.75 Å². The van der Waals surface area contributed by atoms with Crippen LogP contribution in [0.25, 0.3) is 0 Å². The molecule has 18 heavy (non-hydrogen) atoms. The molecule has 0 radical (unpaired) electrons. The van der Waals surface area contributed by atoms with Crippen molar-refractivity contribution in [2.45, 2.75) is 25.8 Å². The van der Waals surface area contributed by atoms with E-state index in [1.807, 2.05) is 12.1 Å². The van der Waals surface area contributed by atoms with Gasteiger partial charge in [-0.05, 0) is 29.2 Å². The molecular formula is C14H20N2O2. The molecule has 4 heteroatoms. The number of methoxy groups -OCH3 is 1. The lowest BCUT2D eigenvalue weighted by atomic mass is 9.95. The highest BCUT2D eigenvalue weighted by molar-refractivity contribution is 5.84. The van der Waals surface area contributed by atoms with Crippen molar-refractivity contribution in [3.63, 3.8) is 0 Å². The van der Waals surface area contributed by atoms with E-state index in [-0.39, 0.29) is 11.9 Å². The van der Waals surface area contributed by atoms with E-state index in [2.05, 4.69) is 30.5 Å². The second kappa shape index (κ2) is 5.40. The Bertz CT molecular complexity index is 443. The molecule has 1 aliphatic rings. The fourth-order valence-electron chi connectivity index (χ4n) is 2.25. The number of hydrogen-bond donors (Lipinski definition) is 2. The molecule has 1 unspecified atom stereocenters. The molecular weight excluding hydrogens is 228 g/mol. The van der Waals surface area contributed by atoms with Gasteiger partial charge in [0.1, 0.15) is 11.8 Å². The van der Waals surface area contributed by atoms with Crippen LogP contribution in [0.15, 0.2) is 18.2 Å². The molecule has 0 spiro atoms. The SMILES string of the molecule is COc1ccc(C2NCCNC2=O)cc1C(C)C. The van der Waals surface area contributed by atoms with Gasteiger partial charge in [0.2, 0.25) is 5.91 Å². The first-order valence-corrected chi connectivity index (χ1v) is 6.32. The highest BCUT2D eigenvalue weighted by atomic mass is 16.5. The van der Waals surface area contributed by atoms with Crippen molar-refractivity contribution in [3.05, 3.63) is 29.3 Å². The zero-order valence-corrected chi connectivity index (χ0v) is 11.1. The summed E-state index contributed by atoms with van der Waals surface area (Å²) in [6.45, 7) is 5.74. The summed E-state index contributed by atoms with van der Waals surface area (Å²) < 4.78 is 5.35. The molecule has 98 valence electrons. The summed E-state index contributed by atoms with van der Waals surface area (Å²) >= 11 is 0. The first-order chi connectivity index (χ1) is 8.63. The Labute approximate surface area is 108 Å². The van der Waals surface area contributed by atoms with E-state index < -0.39 is 0 Å². The molecule has 0 aromatic heterocycles. The normalized spacial score (nSPS) is 19.8. The molecule has 1 aliphatic heterocycles. The molecule has 4 nitrogen and oxygen atoms in total. The maximum absolute atomic E-state index is 11.8. The zero-order valence-electron chi connectivity index (χ0n) is 11.1. The van der Waals surface area contributed by atoms with Crippen molar-refractivity contribution in [2.75, 3.05) is 20.2 Å². The predicted octanol–water partition coefficient (Wildman–Crippen LogP) is 1.58. The summed E-state index contributed by atoms with van der Waals surface area (Å²) in [7, 11) is 1.67. The predicted molar refractivity (Wildman–Crippen MR) is 70.8 cm³/mol. The highest BCUT2D eigenvalue weighted by Gasteiger charge is 2.24. The Hall–Kier alpha value is -1.55. The number of benzene rings is 1. The maximum atomic E-state index is 11.8. The lowest BCUT2D eigenvalue weighted by Gasteiger charge is -2.25. The van der Waals surface area contributed by atoms with Gasteiger partial charge < -0.3 is 15.4 Å². The smallest absolute Gasteiger partial charge is 0.241 e. The van der Waals surface area contributed by atoms with Gasteiger partial charge >= 0.3 is 0 Å². The second-order valence-corrected chi connectivity index (χ2v) is 4.83. The van der Waals surface area contributed by atoms with E-state index in [9.17, 15) is 4.79 Å². The molecule has 0 bridgehead atoms. The van der Waals surface area contributed by atoms with Crippen LogP contribution in [-0.2, 0) is 4.79 Å². The van der Waals surface area contributed by atoms with Crippen LogP contribution >= 0.6 is 0 Å². The lowest BCUT2D eigenvalue weighted by Crippen LogP contribution is -2.47. The molecule has 1 aromatic rings. The van der Waals surface area contributed by atoms with E-state index in [0.717, 1.165) is 23.4 Å². The standard InChI is InChI=1S/C14H20N2O2/c1-9(2)11-8-10(4-5-12(11)18-3)13-14(17)16-7-6-15-13/h4-5,8-9,13,15H,6-7H2,1-3H3,(H,16,17). The van der Waals surface area contributed by atoms with Gasteiger partial charge in [-0.25, -0.2) is 0 Å². The first-order valence-electron chi connectivity index (χ1n) is 6.32. The Kier molecular flexibility index (Phi) is 3.87. The van der Waals surface area contributed by atoms with Gasteiger partial charge in [-0.3, -0.25) is 4.79 Å². The third-order valence-electron chi connectivity index (χ3n) is 3.24. The fraction of sp³-hybridized carbons (Fsp3) is 0.500. The van der Waals surface area contributed by atoms with Crippen LogP contribution in [0, 0.1) is 0 Å². The van der Waals surface area contributed by atoms with Crippen molar-refractivity contribution < 1.29 is 9.53 Å². The number of piperazine rings is 1. The lowest BCUT2D eigenvalue weighted by molar-refractivity contribution is -0.124. The van der Waals surface area contributed by atoms with E-state index in [1.165, 1.54) is 0 Å². The van der Waals surface area contributed by atoms with Crippen molar-refractivity contribution in [2.24, 2.45) is 0 Å². The fourth-order valence-corrected chi connectivity index (χ4v) is 2.25. The van der Waals surface area contributed by atoms with E-state index in [0.29, 0.717) is 12.5 Å². The minimum Gasteiger partial charge on any atom is -0.496 e. The quantitative estimate of drug-likeness (QED) is 0.854. The average molecular weight is 248 g/mol. The van der Waals surface area contributed by atoms with Gasteiger partial charge in [0.05, 0.1) is 7.11 Å². The van der Waals surface area contributed by atoms with Crippen molar-refractivity contribution >= 4 is 5.91 Å². The number of rotatable bonds is 3. The second-order valence-electron chi connectivity index (χ2n) is 4.83. The molecule has 2 rings (SSSR count). The third-order valence-corrected chi connectivity index (χ3v) is 3.24. The minimum atomic E-state index is -0.248. The van der Waals surface area contributed by atoms with E-state index in [1.54, 1.807) is 7.11 Å². The van der Waals surface area contributed by atoms with Gasteiger partial charge in [0.15, 0.2) is 0 Å². The summed E-state index contributed by atoms with van der Waals surface area (Å²) in [5, 5.41) is 6.11. The van der Waals surface area contributed by atoms with Gasteiger partial charge in [-0.1, -0.05) is 19.9 Å². The number of hydrogen-bond acceptors (Lipinski definition) is 3. The Balaban J connectivity index is 2.33. The molecule has 1 heterocycles. The van der Waals surface area contributed by atoms with Crippen molar-refractivity contribution in [1.82, 2.24) is 10.6 Å². The van der Waals surface area contributed by atoms with Crippen LogP contribution < -0.4 is 15.4 Å². The summed E-state index contributed by atoms with van der Waals surface area (Å²) in [6.07, 6.45) is 0.